The average molecular weight is 567 g/mol. The van der Waals surface area contributed by atoms with Crippen LogP contribution in [0.5, 0.6) is 0 Å². The minimum atomic E-state index is -4.28. The second kappa shape index (κ2) is 10.6. The standard InChI is InChI=1S/C27H26N4O6S2/c1-4-38(34,35)21-9-7-19(8-10-21)15-30-26(32)20-13-23-24(29-16-20)25(17(2)3)31(27(23)33)39(36,37)22-11-5-18(14-28)6-12-22/h5-13,16-17,25H,4,15H2,1-3H3,(H,30,32)/t25-/m0/s1. The van der Waals surface area contributed by atoms with Gasteiger partial charge in [0.2, 0.25) is 0 Å². The fourth-order valence-electron chi connectivity index (χ4n) is 4.29. The highest BCUT2D eigenvalue weighted by molar-refractivity contribution is 7.91. The zero-order valence-corrected chi connectivity index (χ0v) is 23.1. The molecule has 0 spiro atoms. The Morgan fingerprint density at radius 2 is 1.67 bits per heavy atom. The number of nitrogens with one attached hydrogen (secondary N) is 1. The topological polar surface area (TPSA) is 154 Å². The molecule has 3 aromatic rings. The molecule has 0 fully saturated rings. The predicted molar refractivity (Wildman–Crippen MR) is 142 cm³/mol. The predicted octanol–water partition coefficient (Wildman–Crippen LogP) is 3.22. The van der Waals surface area contributed by atoms with Crippen molar-refractivity contribution in [1.82, 2.24) is 14.6 Å². The largest absolute Gasteiger partial charge is 0.348 e. The van der Waals surface area contributed by atoms with Crippen LogP contribution in [0.4, 0.5) is 0 Å². The van der Waals surface area contributed by atoms with Gasteiger partial charge in [-0.25, -0.2) is 21.1 Å². The number of aromatic nitrogens is 1. The first-order valence-electron chi connectivity index (χ1n) is 12.1. The van der Waals surface area contributed by atoms with E-state index >= 15 is 0 Å². The first-order chi connectivity index (χ1) is 18.4. The summed E-state index contributed by atoms with van der Waals surface area (Å²) in [5, 5.41) is 11.7. The van der Waals surface area contributed by atoms with Gasteiger partial charge in [0.05, 0.1) is 50.0 Å². The molecule has 0 unspecified atom stereocenters. The van der Waals surface area contributed by atoms with Gasteiger partial charge >= 0.3 is 0 Å². The van der Waals surface area contributed by atoms with Gasteiger partial charge in [-0.05, 0) is 53.9 Å². The zero-order chi connectivity index (χ0) is 28.5. The van der Waals surface area contributed by atoms with E-state index in [0.717, 1.165) is 4.31 Å². The van der Waals surface area contributed by atoms with Gasteiger partial charge in [0, 0.05) is 12.7 Å². The maximum absolute atomic E-state index is 13.5. The molecule has 1 atom stereocenters. The highest BCUT2D eigenvalue weighted by Gasteiger charge is 2.47. The number of benzene rings is 2. The summed E-state index contributed by atoms with van der Waals surface area (Å²) in [6, 6.07) is 13.8. The Bertz CT molecular complexity index is 1690. The van der Waals surface area contributed by atoms with Crippen LogP contribution in [0, 0.1) is 17.2 Å². The Morgan fingerprint density at radius 1 is 1.05 bits per heavy atom. The molecule has 39 heavy (non-hydrogen) atoms. The number of fused-ring (bicyclic) bond motifs is 1. The molecular formula is C27H26N4O6S2. The molecule has 0 saturated carbocycles. The number of sulfonamides is 1. The van der Waals surface area contributed by atoms with Crippen molar-refractivity contribution >= 4 is 31.7 Å². The van der Waals surface area contributed by atoms with Gasteiger partial charge in [-0.1, -0.05) is 32.9 Å². The summed E-state index contributed by atoms with van der Waals surface area (Å²) in [5.74, 6) is -1.65. The summed E-state index contributed by atoms with van der Waals surface area (Å²) < 4.78 is 51.7. The molecular weight excluding hydrogens is 540 g/mol. The smallest absolute Gasteiger partial charge is 0.270 e. The molecule has 202 valence electrons. The van der Waals surface area contributed by atoms with E-state index in [-0.39, 0.29) is 50.4 Å². The number of hydrogen-bond donors (Lipinski definition) is 1. The third-order valence-electron chi connectivity index (χ3n) is 6.43. The highest BCUT2D eigenvalue weighted by Crippen LogP contribution is 2.41. The van der Waals surface area contributed by atoms with Crippen molar-refractivity contribution in [3.8, 4) is 6.07 Å². The number of amides is 2. The van der Waals surface area contributed by atoms with Gasteiger partial charge < -0.3 is 5.32 Å². The van der Waals surface area contributed by atoms with Crippen molar-refractivity contribution in [2.24, 2.45) is 5.92 Å². The van der Waals surface area contributed by atoms with E-state index in [1.807, 2.05) is 6.07 Å². The van der Waals surface area contributed by atoms with Crippen molar-refractivity contribution in [3.63, 3.8) is 0 Å². The summed E-state index contributed by atoms with van der Waals surface area (Å²) >= 11 is 0. The van der Waals surface area contributed by atoms with Crippen molar-refractivity contribution in [2.45, 2.75) is 43.1 Å². The van der Waals surface area contributed by atoms with E-state index in [1.54, 1.807) is 32.9 Å². The Hall–Kier alpha value is -4.08. The van der Waals surface area contributed by atoms with Gasteiger partial charge in [0.1, 0.15) is 0 Å². The average Bonchev–Trinajstić information content (AvgIpc) is 3.24. The number of hydrogen-bond acceptors (Lipinski definition) is 8. The van der Waals surface area contributed by atoms with Crippen LogP contribution in [0.1, 0.15) is 64.3 Å². The van der Waals surface area contributed by atoms with Crippen LogP contribution in [0.2, 0.25) is 0 Å². The molecule has 1 N–H and O–H groups in total. The quantitative estimate of drug-likeness (QED) is 0.436. The second-order valence-electron chi connectivity index (χ2n) is 9.32. The van der Waals surface area contributed by atoms with E-state index in [0.29, 0.717) is 5.56 Å². The van der Waals surface area contributed by atoms with Gasteiger partial charge in [-0.2, -0.15) is 5.26 Å². The SMILES string of the molecule is CCS(=O)(=O)c1ccc(CNC(=O)c2cnc3c(c2)C(=O)N(S(=O)(=O)c2ccc(C#N)cc2)[C@H]3C(C)C)cc1. The van der Waals surface area contributed by atoms with Crippen LogP contribution in [-0.2, 0) is 26.4 Å². The van der Waals surface area contributed by atoms with Crippen LogP contribution in [-0.4, -0.2) is 43.7 Å². The molecule has 4 rings (SSSR count). The van der Waals surface area contributed by atoms with Gasteiger partial charge in [0.25, 0.3) is 21.8 Å². The lowest BCUT2D eigenvalue weighted by Gasteiger charge is -2.27. The van der Waals surface area contributed by atoms with Gasteiger partial charge in [0.15, 0.2) is 9.84 Å². The van der Waals surface area contributed by atoms with E-state index in [4.69, 9.17) is 5.26 Å². The fraction of sp³-hybridized carbons (Fsp3) is 0.259. The van der Waals surface area contributed by atoms with Gasteiger partial charge in [-0.3, -0.25) is 14.6 Å². The number of sulfone groups is 1. The molecule has 0 bridgehead atoms. The van der Waals surface area contributed by atoms with E-state index in [9.17, 15) is 26.4 Å². The van der Waals surface area contributed by atoms with Crippen molar-refractivity contribution < 1.29 is 26.4 Å². The number of rotatable bonds is 8. The first kappa shape index (κ1) is 27.9. The lowest BCUT2D eigenvalue weighted by molar-refractivity contribution is 0.0832. The van der Waals surface area contributed by atoms with Crippen LogP contribution in [0.15, 0.2) is 70.6 Å². The Balaban J connectivity index is 1.58. The van der Waals surface area contributed by atoms with Crippen molar-refractivity contribution in [1.29, 1.82) is 5.26 Å². The minimum Gasteiger partial charge on any atom is -0.348 e. The molecule has 0 aliphatic carbocycles. The van der Waals surface area contributed by atoms with E-state index < -0.39 is 37.7 Å². The number of carbonyl (C=O) groups excluding carboxylic acids is 2. The lowest BCUT2D eigenvalue weighted by atomic mass is 10.0. The highest BCUT2D eigenvalue weighted by atomic mass is 32.2. The van der Waals surface area contributed by atoms with Crippen LogP contribution in [0.25, 0.3) is 0 Å². The molecule has 12 heteroatoms. The summed E-state index contributed by atoms with van der Waals surface area (Å²) in [7, 11) is -7.61. The van der Waals surface area contributed by atoms with E-state index in [2.05, 4.69) is 10.3 Å². The molecule has 10 nitrogen and oxygen atoms in total. The Kier molecular flexibility index (Phi) is 7.59. The van der Waals surface area contributed by atoms with Crippen LogP contribution < -0.4 is 5.32 Å². The zero-order valence-electron chi connectivity index (χ0n) is 21.5. The van der Waals surface area contributed by atoms with Crippen molar-refractivity contribution in [3.05, 3.63) is 88.7 Å². The molecule has 2 aromatic carbocycles. The normalized spacial score (nSPS) is 15.2. The first-order valence-corrected chi connectivity index (χ1v) is 15.2. The third-order valence-corrected chi connectivity index (χ3v) is 9.96. The molecule has 1 aliphatic rings. The number of carbonyl (C=O) groups is 2. The number of nitrogens with zero attached hydrogens (tertiary/aromatic N) is 3. The summed E-state index contributed by atoms with van der Waals surface area (Å²) in [4.78, 5) is 30.7. The molecule has 2 amide bonds. The molecule has 0 radical (unpaired) electrons. The Morgan fingerprint density at radius 3 is 2.23 bits per heavy atom. The summed E-state index contributed by atoms with van der Waals surface area (Å²) in [5.41, 5.74) is 1.31. The number of pyridine rings is 1. The summed E-state index contributed by atoms with van der Waals surface area (Å²) in [6.45, 7) is 5.20. The maximum atomic E-state index is 13.5. The Labute approximate surface area is 227 Å². The number of nitriles is 1. The van der Waals surface area contributed by atoms with Crippen molar-refractivity contribution in [2.75, 3.05) is 5.75 Å². The molecule has 1 aromatic heterocycles. The summed E-state index contributed by atoms with van der Waals surface area (Å²) in [6.07, 6.45) is 1.30. The minimum absolute atomic E-state index is 0.0169. The molecule has 1 aliphatic heterocycles. The van der Waals surface area contributed by atoms with Crippen LogP contribution in [0.3, 0.4) is 0 Å². The maximum Gasteiger partial charge on any atom is 0.270 e. The third kappa shape index (κ3) is 5.28. The fourth-order valence-corrected chi connectivity index (χ4v) is 6.84. The van der Waals surface area contributed by atoms with Crippen LogP contribution >= 0.6 is 0 Å². The van der Waals surface area contributed by atoms with Gasteiger partial charge in [-0.15, -0.1) is 0 Å². The van der Waals surface area contributed by atoms with E-state index in [1.165, 1.54) is 48.7 Å². The molecule has 2 heterocycles. The second-order valence-corrected chi connectivity index (χ2v) is 13.4. The monoisotopic (exact) mass is 566 g/mol. The molecule has 0 saturated heterocycles. The lowest BCUT2D eigenvalue weighted by Crippen LogP contribution is -2.36.